The average Bonchev–Trinajstić information content (AvgIpc) is 3.56. The molecule has 5 aromatic carbocycles. The van der Waals surface area contributed by atoms with Crippen LogP contribution in [0.2, 0.25) is 0 Å². The zero-order valence-corrected chi connectivity index (χ0v) is 27.0. The summed E-state index contributed by atoms with van der Waals surface area (Å²) in [5, 5.41) is 0. The molecule has 228 valence electrons. The van der Waals surface area contributed by atoms with Crippen molar-refractivity contribution in [1.82, 2.24) is 0 Å². The molecule has 1 aliphatic heterocycles. The summed E-state index contributed by atoms with van der Waals surface area (Å²) in [7, 11) is 0. The Morgan fingerprint density at radius 1 is 0.638 bits per heavy atom. The van der Waals surface area contributed by atoms with E-state index in [1.165, 1.54) is 61.7 Å². The largest absolute Gasteiger partial charge is 0.313 e. The first-order chi connectivity index (χ1) is 23.1. The highest BCUT2D eigenvalue weighted by Crippen LogP contribution is 2.58. The topological polar surface area (TPSA) is 6.48 Å². The molecule has 2 heteroatoms. The first-order valence-electron chi connectivity index (χ1n) is 16.9. The number of benzene rings is 5. The van der Waals surface area contributed by atoms with Crippen molar-refractivity contribution in [1.29, 1.82) is 0 Å². The highest BCUT2D eigenvalue weighted by Gasteiger charge is 2.42. The minimum atomic E-state index is -0.151. The predicted molar refractivity (Wildman–Crippen MR) is 197 cm³/mol. The van der Waals surface area contributed by atoms with E-state index in [0.717, 1.165) is 30.6 Å². The molecule has 1 heterocycles. The minimum absolute atomic E-state index is 0.151. The van der Waals surface area contributed by atoms with E-state index in [-0.39, 0.29) is 5.41 Å². The quantitative estimate of drug-likeness (QED) is 0.196. The first-order valence-corrected chi connectivity index (χ1v) is 16.9. The molecule has 2 nitrogen and oxygen atoms in total. The van der Waals surface area contributed by atoms with Crippen molar-refractivity contribution in [3.63, 3.8) is 0 Å². The molecule has 4 aliphatic rings. The van der Waals surface area contributed by atoms with Gasteiger partial charge >= 0.3 is 0 Å². The molecular formula is C45H38N2. The van der Waals surface area contributed by atoms with Gasteiger partial charge in [-0.2, -0.15) is 0 Å². The van der Waals surface area contributed by atoms with Crippen molar-refractivity contribution in [3.8, 4) is 11.1 Å². The fourth-order valence-corrected chi connectivity index (χ4v) is 8.29. The summed E-state index contributed by atoms with van der Waals surface area (Å²) in [5.74, 6) is 0.334. The molecule has 0 saturated carbocycles. The fraction of sp³-hybridized carbons (Fsp3) is 0.156. The maximum Gasteiger partial charge on any atom is 0.0501 e. The van der Waals surface area contributed by atoms with E-state index in [1.807, 2.05) is 0 Å². The van der Waals surface area contributed by atoms with E-state index in [2.05, 4.69) is 175 Å². The van der Waals surface area contributed by atoms with E-state index in [0.29, 0.717) is 5.92 Å². The Morgan fingerprint density at radius 3 is 2.00 bits per heavy atom. The Hall–Kier alpha value is -5.34. The molecule has 0 fully saturated rings. The van der Waals surface area contributed by atoms with Gasteiger partial charge in [-0.3, -0.25) is 0 Å². The average molecular weight is 607 g/mol. The van der Waals surface area contributed by atoms with Crippen LogP contribution in [0, 0.1) is 0 Å². The molecular weight excluding hydrogens is 569 g/mol. The summed E-state index contributed by atoms with van der Waals surface area (Å²) < 4.78 is 0. The van der Waals surface area contributed by atoms with Gasteiger partial charge in [0.2, 0.25) is 0 Å². The second-order valence-corrected chi connectivity index (χ2v) is 13.7. The molecule has 0 N–H and O–H groups in total. The van der Waals surface area contributed by atoms with Crippen LogP contribution < -0.4 is 9.80 Å². The van der Waals surface area contributed by atoms with E-state index in [1.54, 1.807) is 0 Å². The van der Waals surface area contributed by atoms with E-state index in [9.17, 15) is 0 Å². The summed E-state index contributed by atoms with van der Waals surface area (Å²) in [6, 6.07) is 44.5. The van der Waals surface area contributed by atoms with Crippen molar-refractivity contribution in [2.75, 3.05) is 9.80 Å². The Labute approximate surface area is 278 Å². The van der Waals surface area contributed by atoms with Crippen molar-refractivity contribution in [3.05, 3.63) is 185 Å². The van der Waals surface area contributed by atoms with E-state index in [4.69, 9.17) is 0 Å². The molecule has 5 aromatic rings. The highest BCUT2D eigenvalue weighted by atomic mass is 15.2. The third kappa shape index (κ3) is 4.47. The third-order valence-corrected chi connectivity index (χ3v) is 10.6. The van der Waals surface area contributed by atoms with Crippen molar-refractivity contribution >= 4 is 28.4 Å². The van der Waals surface area contributed by atoms with Crippen LogP contribution in [0.3, 0.4) is 0 Å². The van der Waals surface area contributed by atoms with Gasteiger partial charge in [-0.15, -0.1) is 0 Å². The fourth-order valence-electron chi connectivity index (χ4n) is 8.29. The number of rotatable bonds is 5. The van der Waals surface area contributed by atoms with Crippen LogP contribution in [0.25, 0.3) is 11.1 Å². The van der Waals surface area contributed by atoms with Crippen LogP contribution in [0.5, 0.6) is 0 Å². The molecule has 0 amide bonds. The highest BCUT2D eigenvalue weighted by molar-refractivity contribution is 5.90. The minimum Gasteiger partial charge on any atom is -0.313 e. The molecule has 0 aromatic heterocycles. The lowest BCUT2D eigenvalue weighted by Crippen LogP contribution is -2.18. The number of nitrogens with zero attached hydrogens (tertiary/aromatic N) is 2. The smallest absolute Gasteiger partial charge is 0.0501 e. The Balaban J connectivity index is 1.18. The van der Waals surface area contributed by atoms with Gasteiger partial charge in [0.1, 0.15) is 0 Å². The van der Waals surface area contributed by atoms with Gasteiger partial charge in [0.05, 0.1) is 5.69 Å². The van der Waals surface area contributed by atoms with Gasteiger partial charge in [0, 0.05) is 39.8 Å². The zero-order chi connectivity index (χ0) is 31.5. The summed E-state index contributed by atoms with van der Waals surface area (Å²) in [5.41, 5.74) is 17.2. The maximum atomic E-state index is 2.55. The van der Waals surface area contributed by atoms with Crippen LogP contribution in [0.1, 0.15) is 55.7 Å². The first kappa shape index (κ1) is 27.9. The Morgan fingerprint density at radius 2 is 1.32 bits per heavy atom. The second kappa shape index (κ2) is 10.9. The van der Waals surface area contributed by atoms with Crippen molar-refractivity contribution < 1.29 is 0 Å². The lowest BCUT2D eigenvalue weighted by molar-refractivity contribution is 0.660. The normalized spacial score (nSPS) is 18.4. The Bertz CT molecular complexity index is 2090. The van der Waals surface area contributed by atoms with E-state index >= 15 is 0 Å². The predicted octanol–water partition coefficient (Wildman–Crippen LogP) is 12.2. The number of para-hydroxylation sites is 3. The molecule has 1 unspecified atom stereocenters. The van der Waals surface area contributed by atoms with E-state index < -0.39 is 0 Å². The summed E-state index contributed by atoms with van der Waals surface area (Å²) in [6.45, 7) is 4.81. The van der Waals surface area contributed by atoms with Crippen molar-refractivity contribution in [2.45, 2.75) is 44.4 Å². The summed E-state index contributed by atoms with van der Waals surface area (Å²) in [6.07, 6.45) is 14.9. The lowest BCUT2D eigenvalue weighted by Gasteiger charge is -2.28. The van der Waals surface area contributed by atoms with Crippen LogP contribution in [-0.4, -0.2) is 0 Å². The van der Waals surface area contributed by atoms with Gasteiger partial charge in [0.25, 0.3) is 0 Å². The standard InChI is InChI=1S/C45H38N2/c1-45(2)41-28-36(46(33-17-9-4-10-18-33)34-19-11-5-12-20-34)24-25-37(41)38-29-40-39-27-32(31-15-7-3-8-16-31)23-26-43(39)47(44(40)30-42(38)45)35-21-13-6-14-22-35/h3-7,9-15,17-26,28-30,39H,8,16,27H2,1-2H3. The van der Waals surface area contributed by atoms with Gasteiger partial charge in [-0.05, 0) is 125 Å². The molecule has 9 rings (SSSR count). The summed E-state index contributed by atoms with van der Waals surface area (Å²) >= 11 is 0. The molecule has 3 aliphatic carbocycles. The van der Waals surface area contributed by atoms with Crippen molar-refractivity contribution in [2.24, 2.45) is 0 Å². The molecule has 47 heavy (non-hydrogen) atoms. The van der Waals surface area contributed by atoms with Crippen LogP contribution in [-0.2, 0) is 5.41 Å². The molecule has 0 spiro atoms. The van der Waals surface area contributed by atoms with Gasteiger partial charge < -0.3 is 9.80 Å². The number of hydrogen-bond acceptors (Lipinski definition) is 2. The summed E-state index contributed by atoms with van der Waals surface area (Å²) in [4.78, 5) is 4.90. The van der Waals surface area contributed by atoms with Gasteiger partial charge in [0.15, 0.2) is 0 Å². The van der Waals surface area contributed by atoms with Crippen LogP contribution >= 0.6 is 0 Å². The number of allylic oxidation sites excluding steroid dienone is 8. The van der Waals surface area contributed by atoms with Gasteiger partial charge in [-0.1, -0.05) is 98.8 Å². The monoisotopic (exact) mass is 606 g/mol. The zero-order valence-electron chi connectivity index (χ0n) is 27.0. The van der Waals surface area contributed by atoms with Gasteiger partial charge in [-0.25, -0.2) is 0 Å². The molecule has 0 bridgehead atoms. The molecule has 0 radical (unpaired) electrons. The number of hydrogen-bond donors (Lipinski definition) is 0. The number of anilines is 5. The van der Waals surface area contributed by atoms with Crippen LogP contribution in [0.15, 0.2) is 169 Å². The SMILES string of the molecule is CC1(C)c2cc(N(c3ccccc3)c3ccccc3)ccc2-c2cc3c(cc21)N(c1ccccc1)C1=CC=C(C2=CC=CCC2)CC13. The molecule has 0 saturated heterocycles. The maximum absolute atomic E-state index is 2.55. The number of fused-ring (bicyclic) bond motifs is 6. The lowest BCUT2D eigenvalue weighted by atomic mass is 9.80. The second-order valence-electron chi connectivity index (χ2n) is 13.7. The molecule has 1 atom stereocenters. The third-order valence-electron chi connectivity index (χ3n) is 10.6. The Kier molecular flexibility index (Phi) is 6.47. The van der Waals surface area contributed by atoms with Crippen LogP contribution in [0.4, 0.5) is 28.4 Å².